The summed E-state index contributed by atoms with van der Waals surface area (Å²) >= 11 is 0. The van der Waals surface area contributed by atoms with Gasteiger partial charge < -0.3 is 15.5 Å². The van der Waals surface area contributed by atoms with Gasteiger partial charge in [-0.1, -0.05) is 25.1 Å². The highest BCUT2D eigenvalue weighted by Gasteiger charge is 2.35. The standard InChI is InChI=1S/C19H27N3O2/c1-2-15-5-3-4-6-17(15)22-13-16(11-18(22)23)19(24)21-10-8-14-7-9-20-12-14/h3-6,14,16,20H,2,7-13H2,1H3,(H,21,24). The van der Waals surface area contributed by atoms with Gasteiger partial charge >= 0.3 is 0 Å². The van der Waals surface area contributed by atoms with E-state index in [1.807, 2.05) is 24.3 Å². The number of hydrogen-bond acceptors (Lipinski definition) is 3. The molecule has 2 N–H and O–H groups in total. The van der Waals surface area contributed by atoms with Gasteiger partial charge in [-0.05, 0) is 49.9 Å². The Labute approximate surface area is 143 Å². The quantitative estimate of drug-likeness (QED) is 0.835. The van der Waals surface area contributed by atoms with E-state index in [-0.39, 0.29) is 17.7 Å². The van der Waals surface area contributed by atoms with Gasteiger partial charge in [0.05, 0.1) is 5.92 Å². The second-order valence-corrected chi connectivity index (χ2v) is 6.83. The highest BCUT2D eigenvalue weighted by Crippen LogP contribution is 2.28. The lowest BCUT2D eigenvalue weighted by Gasteiger charge is -2.20. The van der Waals surface area contributed by atoms with Crippen molar-refractivity contribution < 1.29 is 9.59 Å². The summed E-state index contributed by atoms with van der Waals surface area (Å²) in [6.45, 7) is 5.43. The van der Waals surface area contributed by atoms with Crippen molar-refractivity contribution in [1.82, 2.24) is 10.6 Å². The zero-order valence-electron chi connectivity index (χ0n) is 14.4. The van der Waals surface area contributed by atoms with Gasteiger partial charge in [-0.3, -0.25) is 9.59 Å². The fourth-order valence-electron chi connectivity index (χ4n) is 3.69. The Morgan fingerprint density at radius 2 is 2.21 bits per heavy atom. The van der Waals surface area contributed by atoms with Crippen molar-refractivity contribution in [2.75, 3.05) is 31.1 Å². The molecular formula is C19H27N3O2. The molecule has 2 aliphatic rings. The molecule has 1 aromatic rings. The molecule has 2 unspecified atom stereocenters. The van der Waals surface area contributed by atoms with Gasteiger partial charge in [0.2, 0.25) is 11.8 Å². The molecule has 3 rings (SSSR count). The highest BCUT2D eigenvalue weighted by molar-refractivity contribution is 6.00. The second kappa shape index (κ2) is 7.79. The molecule has 0 spiro atoms. The predicted molar refractivity (Wildman–Crippen MR) is 94.9 cm³/mol. The molecule has 1 aromatic carbocycles. The predicted octanol–water partition coefficient (Wildman–Crippen LogP) is 1.72. The Kier molecular flexibility index (Phi) is 5.51. The molecule has 2 saturated heterocycles. The maximum absolute atomic E-state index is 12.4. The summed E-state index contributed by atoms with van der Waals surface area (Å²) in [6, 6.07) is 7.96. The van der Waals surface area contributed by atoms with Gasteiger partial charge in [-0.15, -0.1) is 0 Å². The van der Waals surface area contributed by atoms with Crippen molar-refractivity contribution in [3.63, 3.8) is 0 Å². The summed E-state index contributed by atoms with van der Waals surface area (Å²) in [6.07, 6.45) is 3.41. The Hall–Kier alpha value is -1.88. The number of para-hydroxylation sites is 1. The fourth-order valence-corrected chi connectivity index (χ4v) is 3.69. The molecule has 0 bridgehead atoms. The monoisotopic (exact) mass is 329 g/mol. The molecule has 24 heavy (non-hydrogen) atoms. The molecule has 2 amide bonds. The lowest BCUT2D eigenvalue weighted by molar-refractivity contribution is -0.126. The summed E-state index contributed by atoms with van der Waals surface area (Å²) in [5, 5.41) is 6.37. The van der Waals surface area contributed by atoms with Crippen LogP contribution in [-0.4, -0.2) is 38.0 Å². The molecule has 2 aliphatic heterocycles. The van der Waals surface area contributed by atoms with E-state index in [4.69, 9.17) is 0 Å². The Morgan fingerprint density at radius 3 is 2.96 bits per heavy atom. The Balaban J connectivity index is 1.54. The van der Waals surface area contributed by atoms with E-state index in [0.717, 1.165) is 37.2 Å². The van der Waals surface area contributed by atoms with E-state index in [1.165, 1.54) is 6.42 Å². The number of benzene rings is 1. The minimum Gasteiger partial charge on any atom is -0.356 e. The van der Waals surface area contributed by atoms with Crippen LogP contribution in [0.25, 0.3) is 0 Å². The van der Waals surface area contributed by atoms with Crippen LogP contribution in [0, 0.1) is 11.8 Å². The van der Waals surface area contributed by atoms with Crippen LogP contribution >= 0.6 is 0 Å². The summed E-state index contributed by atoms with van der Waals surface area (Å²) < 4.78 is 0. The van der Waals surface area contributed by atoms with Gasteiger partial charge in [0.25, 0.3) is 0 Å². The number of carbonyl (C=O) groups is 2. The number of carbonyl (C=O) groups excluding carboxylic acids is 2. The third-order valence-electron chi connectivity index (χ3n) is 5.17. The van der Waals surface area contributed by atoms with Crippen LogP contribution in [-0.2, 0) is 16.0 Å². The third-order valence-corrected chi connectivity index (χ3v) is 5.17. The number of anilines is 1. The van der Waals surface area contributed by atoms with Gasteiger partial charge in [-0.2, -0.15) is 0 Å². The van der Waals surface area contributed by atoms with Crippen molar-refractivity contribution in [2.24, 2.45) is 11.8 Å². The molecule has 2 atom stereocenters. The SMILES string of the molecule is CCc1ccccc1N1CC(C(=O)NCCC2CCNC2)CC1=O. The lowest BCUT2D eigenvalue weighted by atomic mass is 10.0. The minimum absolute atomic E-state index is 0.0192. The Bertz CT molecular complexity index is 596. The van der Waals surface area contributed by atoms with Gasteiger partial charge in [-0.25, -0.2) is 0 Å². The number of rotatable bonds is 6. The Morgan fingerprint density at radius 1 is 1.38 bits per heavy atom. The summed E-state index contributed by atoms with van der Waals surface area (Å²) in [7, 11) is 0. The van der Waals surface area contributed by atoms with Crippen molar-refractivity contribution >= 4 is 17.5 Å². The first-order chi connectivity index (χ1) is 11.7. The van der Waals surface area contributed by atoms with E-state index in [0.29, 0.717) is 25.4 Å². The molecule has 0 aromatic heterocycles. The zero-order chi connectivity index (χ0) is 16.9. The topological polar surface area (TPSA) is 61.4 Å². The molecule has 2 heterocycles. The van der Waals surface area contributed by atoms with Crippen molar-refractivity contribution in [3.8, 4) is 0 Å². The lowest BCUT2D eigenvalue weighted by Crippen LogP contribution is -2.34. The van der Waals surface area contributed by atoms with E-state index in [9.17, 15) is 9.59 Å². The molecule has 2 fully saturated rings. The van der Waals surface area contributed by atoms with Crippen LogP contribution in [0.3, 0.4) is 0 Å². The molecule has 5 heteroatoms. The minimum atomic E-state index is -0.232. The van der Waals surface area contributed by atoms with Gasteiger partial charge in [0.15, 0.2) is 0 Å². The summed E-state index contributed by atoms with van der Waals surface area (Å²) in [4.78, 5) is 26.6. The smallest absolute Gasteiger partial charge is 0.227 e. The third kappa shape index (κ3) is 3.78. The first-order valence-corrected chi connectivity index (χ1v) is 9.05. The van der Waals surface area contributed by atoms with E-state index < -0.39 is 0 Å². The van der Waals surface area contributed by atoms with Crippen LogP contribution in [0.1, 0.15) is 31.7 Å². The highest BCUT2D eigenvalue weighted by atomic mass is 16.2. The largest absolute Gasteiger partial charge is 0.356 e. The van der Waals surface area contributed by atoms with E-state index in [1.54, 1.807) is 4.90 Å². The van der Waals surface area contributed by atoms with E-state index >= 15 is 0 Å². The number of aryl methyl sites for hydroxylation is 1. The summed E-state index contributed by atoms with van der Waals surface area (Å²) in [5.41, 5.74) is 2.11. The van der Waals surface area contributed by atoms with Crippen molar-refractivity contribution in [2.45, 2.75) is 32.6 Å². The zero-order valence-corrected chi connectivity index (χ0v) is 14.4. The maximum atomic E-state index is 12.4. The molecule has 130 valence electrons. The van der Waals surface area contributed by atoms with Crippen LogP contribution in [0.4, 0.5) is 5.69 Å². The molecule has 0 aliphatic carbocycles. The first kappa shape index (κ1) is 17.0. The molecule has 5 nitrogen and oxygen atoms in total. The van der Waals surface area contributed by atoms with Crippen LogP contribution in [0.15, 0.2) is 24.3 Å². The van der Waals surface area contributed by atoms with Crippen molar-refractivity contribution in [3.05, 3.63) is 29.8 Å². The fraction of sp³-hybridized carbons (Fsp3) is 0.579. The number of nitrogens with one attached hydrogen (secondary N) is 2. The van der Waals surface area contributed by atoms with Crippen LogP contribution in [0.5, 0.6) is 0 Å². The summed E-state index contributed by atoms with van der Waals surface area (Å²) in [5.74, 6) is 0.509. The number of amides is 2. The molecule has 0 saturated carbocycles. The average Bonchev–Trinajstić information content (AvgIpc) is 3.24. The van der Waals surface area contributed by atoms with Crippen LogP contribution in [0.2, 0.25) is 0 Å². The van der Waals surface area contributed by atoms with E-state index in [2.05, 4.69) is 17.6 Å². The molecular weight excluding hydrogens is 302 g/mol. The number of hydrogen-bond donors (Lipinski definition) is 2. The van der Waals surface area contributed by atoms with Crippen molar-refractivity contribution in [1.29, 1.82) is 0 Å². The first-order valence-electron chi connectivity index (χ1n) is 9.05. The average molecular weight is 329 g/mol. The number of nitrogens with zero attached hydrogens (tertiary/aromatic N) is 1. The maximum Gasteiger partial charge on any atom is 0.227 e. The van der Waals surface area contributed by atoms with Crippen LogP contribution < -0.4 is 15.5 Å². The second-order valence-electron chi connectivity index (χ2n) is 6.83. The normalized spacial score (nSPS) is 23.7. The van der Waals surface area contributed by atoms with Gasteiger partial charge in [0, 0.05) is 25.2 Å². The van der Waals surface area contributed by atoms with Gasteiger partial charge in [0.1, 0.15) is 0 Å². The molecule has 0 radical (unpaired) electrons.